The van der Waals surface area contributed by atoms with Crippen molar-refractivity contribution in [1.29, 1.82) is 0 Å². The lowest BCUT2D eigenvalue weighted by molar-refractivity contribution is -0.140. The Bertz CT molecular complexity index is 680. The molecule has 5 heteroatoms. The molecule has 0 spiro atoms. The van der Waals surface area contributed by atoms with Crippen LogP contribution in [0.2, 0.25) is 0 Å². The Morgan fingerprint density at radius 2 is 1.67 bits per heavy atom. The number of aliphatic carboxylic acids is 1. The summed E-state index contributed by atoms with van der Waals surface area (Å²) >= 11 is 0. The van der Waals surface area contributed by atoms with Crippen molar-refractivity contribution in [1.82, 2.24) is 5.32 Å². The summed E-state index contributed by atoms with van der Waals surface area (Å²) in [5.74, 6) is -0.999. The Labute approximate surface area is 141 Å². The number of carbonyl (C=O) groups excluding carboxylic acids is 1. The third-order valence-electron chi connectivity index (χ3n) is 3.58. The van der Waals surface area contributed by atoms with Gasteiger partial charge in [-0.3, -0.25) is 4.79 Å². The Morgan fingerprint density at radius 1 is 1.04 bits per heavy atom. The third kappa shape index (κ3) is 4.84. The van der Waals surface area contributed by atoms with Crippen molar-refractivity contribution in [3.05, 3.63) is 65.7 Å². The van der Waals surface area contributed by atoms with Crippen molar-refractivity contribution in [3.63, 3.8) is 0 Å². The molecule has 1 atom stereocenters. The summed E-state index contributed by atoms with van der Waals surface area (Å²) < 4.78 is 5.66. The molecule has 2 rings (SSSR count). The normalized spacial score (nSPS) is 11.8. The van der Waals surface area contributed by atoms with Gasteiger partial charge in [0.2, 0.25) is 0 Å². The maximum absolute atomic E-state index is 12.1. The Morgan fingerprint density at radius 3 is 2.21 bits per heavy atom. The zero-order valence-corrected chi connectivity index (χ0v) is 13.7. The van der Waals surface area contributed by atoms with Gasteiger partial charge in [0.05, 0.1) is 0 Å². The fourth-order valence-corrected chi connectivity index (χ4v) is 2.18. The number of benzene rings is 2. The van der Waals surface area contributed by atoms with Gasteiger partial charge in [0.1, 0.15) is 18.4 Å². The molecular weight excluding hydrogens is 306 g/mol. The van der Waals surface area contributed by atoms with E-state index in [0.29, 0.717) is 17.9 Å². The molecule has 0 saturated carbocycles. The van der Waals surface area contributed by atoms with E-state index < -0.39 is 17.9 Å². The predicted octanol–water partition coefficient (Wildman–Crippen LogP) is 3.10. The fourth-order valence-electron chi connectivity index (χ4n) is 2.18. The number of amides is 1. The van der Waals surface area contributed by atoms with Crippen LogP contribution < -0.4 is 10.1 Å². The van der Waals surface area contributed by atoms with Crippen molar-refractivity contribution in [2.24, 2.45) is 5.92 Å². The fraction of sp³-hybridized carbons (Fsp3) is 0.263. The van der Waals surface area contributed by atoms with E-state index in [-0.39, 0.29) is 5.92 Å². The van der Waals surface area contributed by atoms with Gasteiger partial charge < -0.3 is 15.2 Å². The van der Waals surface area contributed by atoms with Crippen LogP contribution in [0.1, 0.15) is 29.8 Å². The molecule has 0 radical (unpaired) electrons. The molecule has 2 aromatic rings. The van der Waals surface area contributed by atoms with Crippen molar-refractivity contribution >= 4 is 11.9 Å². The second kappa shape index (κ2) is 8.15. The smallest absolute Gasteiger partial charge is 0.326 e. The van der Waals surface area contributed by atoms with Crippen molar-refractivity contribution in [3.8, 4) is 5.75 Å². The molecule has 1 unspecified atom stereocenters. The van der Waals surface area contributed by atoms with E-state index >= 15 is 0 Å². The summed E-state index contributed by atoms with van der Waals surface area (Å²) in [6, 6.07) is 15.5. The molecule has 0 bridgehead atoms. The van der Waals surface area contributed by atoms with Gasteiger partial charge in [0.15, 0.2) is 0 Å². The summed E-state index contributed by atoms with van der Waals surface area (Å²) in [5, 5.41) is 11.7. The maximum Gasteiger partial charge on any atom is 0.326 e. The topological polar surface area (TPSA) is 75.6 Å². The quantitative estimate of drug-likeness (QED) is 0.819. The lowest BCUT2D eigenvalue weighted by atomic mass is 10.0. The van der Waals surface area contributed by atoms with Crippen LogP contribution in [-0.4, -0.2) is 23.0 Å². The summed E-state index contributed by atoms with van der Waals surface area (Å²) in [6.45, 7) is 3.94. The molecule has 1 amide bonds. The van der Waals surface area contributed by atoms with Gasteiger partial charge in [-0.1, -0.05) is 44.2 Å². The summed E-state index contributed by atoms with van der Waals surface area (Å²) in [6.07, 6.45) is 0. The van der Waals surface area contributed by atoms with E-state index in [2.05, 4.69) is 5.32 Å². The number of nitrogens with one attached hydrogen (secondary N) is 1. The summed E-state index contributed by atoms with van der Waals surface area (Å²) in [7, 11) is 0. The van der Waals surface area contributed by atoms with E-state index in [9.17, 15) is 9.59 Å². The van der Waals surface area contributed by atoms with Crippen molar-refractivity contribution < 1.29 is 19.4 Å². The standard InChI is InChI=1S/C19H21NO4/c1-13(2)17(19(22)23)20-18(21)15-8-10-16(11-9-15)24-12-14-6-4-3-5-7-14/h3-11,13,17H,12H2,1-2H3,(H,20,21)(H,22,23). The molecule has 0 heterocycles. The van der Waals surface area contributed by atoms with Gasteiger partial charge in [-0.05, 0) is 35.7 Å². The predicted molar refractivity (Wildman–Crippen MR) is 90.9 cm³/mol. The van der Waals surface area contributed by atoms with Gasteiger partial charge >= 0.3 is 5.97 Å². The number of hydrogen-bond acceptors (Lipinski definition) is 3. The van der Waals surface area contributed by atoms with E-state index in [1.807, 2.05) is 30.3 Å². The van der Waals surface area contributed by atoms with Crippen LogP contribution in [0.5, 0.6) is 5.75 Å². The number of hydrogen-bond donors (Lipinski definition) is 2. The second-order valence-electron chi connectivity index (χ2n) is 5.83. The molecule has 0 aliphatic rings. The molecule has 2 aromatic carbocycles. The number of ether oxygens (including phenoxy) is 1. The van der Waals surface area contributed by atoms with Crippen LogP contribution in [0.4, 0.5) is 0 Å². The number of carboxylic acids is 1. The second-order valence-corrected chi connectivity index (χ2v) is 5.83. The number of carboxylic acid groups (broad SMARTS) is 1. The minimum Gasteiger partial charge on any atom is -0.489 e. The Kier molecular flexibility index (Phi) is 5.95. The minimum atomic E-state index is -1.04. The van der Waals surface area contributed by atoms with Crippen molar-refractivity contribution in [2.45, 2.75) is 26.5 Å². The highest BCUT2D eigenvalue weighted by Gasteiger charge is 2.23. The van der Waals surface area contributed by atoms with E-state index in [0.717, 1.165) is 5.56 Å². The summed E-state index contributed by atoms with van der Waals surface area (Å²) in [5.41, 5.74) is 1.45. The minimum absolute atomic E-state index is 0.195. The first-order valence-electron chi connectivity index (χ1n) is 7.78. The molecular formula is C19H21NO4. The first-order valence-corrected chi connectivity index (χ1v) is 7.78. The summed E-state index contributed by atoms with van der Waals surface area (Å²) in [4.78, 5) is 23.3. The van der Waals surface area contributed by atoms with Crippen molar-refractivity contribution in [2.75, 3.05) is 0 Å². The highest BCUT2D eigenvalue weighted by atomic mass is 16.5. The third-order valence-corrected chi connectivity index (χ3v) is 3.58. The van der Waals surface area contributed by atoms with E-state index in [1.165, 1.54) is 0 Å². The molecule has 0 fully saturated rings. The van der Waals surface area contributed by atoms with Gasteiger partial charge in [-0.2, -0.15) is 0 Å². The van der Waals surface area contributed by atoms with Crippen LogP contribution in [0.3, 0.4) is 0 Å². The molecule has 2 N–H and O–H groups in total. The average molecular weight is 327 g/mol. The highest BCUT2D eigenvalue weighted by Crippen LogP contribution is 2.15. The van der Waals surface area contributed by atoms with Crippen LogP contribution >= 0.6 is 0 Å². The molecule has 0 aliphatic heterocycles. The Hall–Kier alpha value is -2.82. The number of rotatable bonds is 7. The van der Waals surface area contributed by atoms with Crippen LogP contribution in [0, 0.1) is 5.92 Å². The first kappa shape index (κ1) is 17.5. The maximum atomic E-state index is 12.1. The molecule has 24 heavy (non-hydrogen) atoms. The average Bonchev–Trinajstić information content (AvgIpc) is 2.58. The lowest BCUT2D eigenvalue weighted by Crippen LogP contribution is -2.44. The zero-order chi connectivity index (χ0) is 17.5. The SMILES string of the molecule is CC(C)C(NC(=O)c1ccc(OCc2ccccc2)cc1)C(=O)O. The van der Waals surface area contributed by atoms with Crippen LogP contribution in [0.15, 0.2) is 54.6 Å². The molecule has 0 aromatic heterocycles. The monoisotopic (exact) mass is 327 g/mol. The van der Waals surface area contributed by atoms with Crippen LogP contribution in [-0.2, 0) is 11.4 Å². The highest BCUT2D eigenvalue weighted by molar-refractivity contribution is 5.96. The van der Waals surface area contributed by atoms with Gasteiger partial charge in [-0.25, -0.2) is 4.79 Å². The largest absolute Gasteiger partial charge is 0.489 e. The lowest BCUT2D eigenvalue weighted by Gasteiger charge is -2.18. The van der Waals surface area contributed by atoms with E-state index in [4.69, 9.17) is 9.84 Å². The molecule has 0 saturated heterocycles. The first-order chi connectivity index (χ1) is 11.5. The molecule has 5 nitrogen and oxygen atoms in total. The van der Waals surface area contributed by atoms with Crippen LogP contribution in [0.25, 0.3) is 0 Å². The zero-order valence-electron chi connectivity index (χ0n) is 13.7. The van der Waals surface area contributed by atoms with Gasteiger partial charge in [0.25, 0.3) is 5.91 Å². The van der Waals surface area contributed by atoms with E-state index in [1.54, 1.807) is 38.1 Å². The molecule has 126 valence electrons. The number of carbonyl (C=O) groups is 2. The Balaban J connectivity index is 1.95. The van der Waals surface area contributed by atoms with Gasteiger partial charge in [0, 0.05) is 5.56 Å². The molecule has 0 aliphatic carbocycles. The van der Waals surface area contributed by atoms with Gasteiger partial charge in [-0.15, -0.1) is 0 Å².